The smallest absolute Gasteiger partial charge is 0.0622 e. The predicted molar refractivity (Wildman–Crippen MR) is 105 cm³/mol. The summed E-state index contributed by atoms with van der Waals surface area (Å²) in [7, 11) is 0. The van der Waals surface area contributed by atoms with Crippen LogP contribution in [0.1, 0.15) is 30.5 Å². The summed E-state index contributed by atoms with van der Waals surface area (Å²) in [5, 5.41) is 0. The van der Waals surface area contributed by atoms with Crippen molar-refractivity contribution in [3.63, 3.8) is 0 Å². The van der Waals surface area contributed by atoms with Gasteiger partial charge in [0.05, 0.1) is 5.41 Å². The highest BCUT2D eigenvalue weighted by molar-refractivity contribution is 5.88. The second-order valence-corrected chi connectivity index (χ2v) is 6.60. The molecule has 1 radical (unpaired) electrons. The van der Waals surface area contributed by atoms with E-state index in [-0.39, 0.29) is 5.41 Å². The maximum Gasteiger partial charge on any atom is 0.0715 e. The Bertz CT molecular complexity index is 890. The van der Waals surface area contributed by atoms with Crippen LogP contribution in [0.2, 0.25) is 0 Å². The van der Waals surface area contributed by atoms with E-state index in [9.17, 15) is 0 Å². The molecule has 4 rings (SSSR count). The van der Waals surface area contributed by atoms with Gasteiger partial charge in [0.25, 0.3) is 0 Å². The van der Waals surface area contributed by atoms with Gasteiger partial charge in [-0.3, -0.25) is 0 Å². The minimum Gasteiger partial charge on any atom is -0.0622 e. The van der Waals surface area contributed by atoms with Crippen LogP contribution in [-0.2, 0) is 5.41 Å². The molecule has 0 aliphatic heterocycles. The molecule has 0 bridgehead atoms. The van der Waals surface area contributed by atoms with Crippen molar-refractivity contribution >= 4 is 5.57 Å². The van der Waals surface area contributed by atoms with E-state index in [2.05, 4.69) is 111 Å². The first-order valence-corrected chi connectivity index (χ1v) is 8.73. The fourth-order valence-corrected chi connectivity index (χ4v) is 3.92. The number of hydrogen-bond donors (Lipinski definition) is 0. The Morgan fingerprint density at radius 1 is 0.600 bits per heavy atom. The number of allylic oxidation sites excluding steroid dienone is 4. The summed E-state index contributed by atoms with van der Waals surface area (Å²) in [6, 6.07) is 32.2. The minimum atomic E-state index is -0.363. The molecular weight excluding hydrogens is 300 g/mol. The van der Waals surface area contributed by atoms with E-state index in [0.717, 1.165) is 0 Å². The molecule has 1 aliphatic rings. The van der Waals surface area contributed by atoms with Gasteiger partial charge < -0.3 is 0 Å². The SMILES string of the molecule is CC1=[C]C(c2ccccc2)(c2ccccc2)C(c2ccccc2)=C1C. The summed E-state index contributed by atoms with van der Waals surface area (Å²) in [6.07, 6.45) is 3.84. The Morgan fingerprint density at radius 2 is 1.04 bits per heavy atom. The van der Waals surface area contributed by atoms with Gasteiger partial charge in [-0.05, 0) is 53.3 Å². The highest BCUT2D eigenvalue weighted by Crippen LogP contribution is 2.51. The molecule has 0 saturated carbocycles. The van der Waals surface area contributed by atoms with Crippen molar-refractivity contribution in [1.29, 1.82) is 0 Å². The largest absolute Gasteiger partial charge is 0.0715 e. The molecular formula is C25H21. The quantitative estimate of drug-likeness (QED) is 0.538. The van der Waals surface area contributed by atoms with Gasteiger partial charge in [-0.25, -0.2) is 0 Å². The zero-order chi connectivity index (χ0) is 17.3. The monoisotopic (exact) mass is 321 g/mol. The normalized spacial score (nSPS) is 16.0. The van der Waals surface area contributed by atoms with E-state index < -0.39 is 0 Å². The van der Waals surface area contributed by atoms with Gasteiger partial charge in [-0.1, -0.05) is 91.0 Å². The van der Waals surface area contributed by atoms with Crippen LogP contribution in [0.5, 0.6) is 0 Å². The molecule has 121 valence electrons. The fraction of sp³-hybridized carbons (Fsp3) is 0.120. The topological polar surface area (TPSA) is 0 Å². The molecule has 0 fully saturated rings. The van der Waals surface area contributed by atoms with Gasteiger partial charge in [-0.15, -0.1) is 0 Å². The second-order valence-electron chi connectivity index (χ2n) is 6.60. The Hall–Kier alpha value is -2.86. The van der Waals surface area contributed by atoms with Crippen molar-refractivity contribution in [3.05, 3.63) is 125 Å². The lowest BCUT2D eigenvalue weighted by Gasteiger charge is -2.33. The highest BCUT2D eigenvalue weighted by atomic mass is 14.4. The van der Waals surface area contributed by atoms with E-state index in [4.69, 9.17) is 0 Å². The lowest BCUT2D eigenvalue weighted by Crippen LogP contribution is -2.26. The van der Waals surface area contributed by atoms with E-state index in [0.29, 0.717) is 0 Å². The Kier molecular flexibility index (Phi) is 3.89. The van der Waals surface area contributed by atoms with Gasteiger partial charge in [-0.2, -0.15) is 0 Å². The van der Waals surface area contributed by atoms with E-state index in [1.165, 1.54) is 33.4 Å². The van der Waals surface area contributed by atoms with Crippen molar-refractivity contribution in [2.24, 2.45) is 0 Å². The molecule has 3 aromatic carbocycles. The molecule has 0 N–H and O–H groups in total. The minimum absolute atomic E-state index is 0.363. The van der Waals surface area contributed by atoms with Crippen LogP contribution in [0.3, 0.4) is 0 Å². The highest BCUT2D eigenvalue weighted by Gasteiger charge is 2.42. The van der Waals surface area contributed by atoms with Crippen LogP contribution in [0, 0.1) is 6.08 Å². The molecule has 0 unspecified atom stereocenters. The third kappa shape index (κ3) is 2.46. The zero-order valence-corrected chi connectivity index (χ0v) is 14.7. The Labute approximate surface area is 150 Å². The number of rotatable bonds is 3. The van der Waals surface area contributed by atoms with Crippen molar-refractivity contribution < 1.29 is 0 Å². The predicted octanol–water partition coefficient (Wildman–Crippen LogP) is 6.21. The van der Waals surface area contributed by atoms with Crippen molar-refractivity contribution in [2.45, 2.75) is 19.3 Å². The van der Waals surface area contributed by atoms with E-state index in [1.54, 1.807) is 0 Å². The first-order valence-electron chi connectivity index (χ1n) is 8.73. The summed E-state index contributed by atoms with van der Waals surface area (Å²) in [6.45, 7) is 4.39. The molecule has 0 nitrogen and oxygen atoms in total. The second kappa shape index (κ2) is 6.22. The average Bonchev–Trinajstić information content (AvgIpc) is 2.96. The average molecular weight is 321 g/mol. The first kappa shape index (κ1) is 15.7. The fourth-order valence-electron chi connectivity index (χ4n) is 3.92. The number of hydrogen-bond acceptors (Lipinski definition) is 0. The van der Waals surface area contributed by atoms with Gasteiger partial charge in [0.15, 0.2) is 0 Å². The maximum atomic E-state index is 3.84. The summed E-state index contributed by atoms with van der Waals surface area (Å²) in [5.41, 5.74) is 7.30. The molecule has 0 heteroatoms. The third-order valence-corrected chi connectivity index (χ3v) is 5.16. The van der Waals surface area contributed by atoms with Crippen LogP contribution < -0.4 is 0 Å². The summed E-state index contributed by atoms with van der Waals surface area (Å²) in [4.78, 5) is 0. The van der Waals surface area contributed by atoms with Gasteiger partial charge in [0.1, 0.15) is 0 Å². The molecule has 1 aliphatic carbocycles. The van der Waals surface area contributed by atoms with Crippen LogP contribution in [0.25, 0.3) is 5.57 Å². The van der Waals surface area contributed by atoms with Crippen LogP contribution >= 0.6 is 0 Å². The molecule has 0 amide bonds. The Balaban J connectivity index is 2.08. The lowest BCUT2D eigenvalue weighted by atomic mass is 9.68. The summed E-state index contributed by atoms with van der Waals surface area (Å²) < 4.78 is 0. The van der Waals surface area contributed by atoms with Crippen molar-refractivity contribution in [2.75, 3.05) is 0 Å². The molecule has 0 atom stereocenters. The molecule has 0 spiro atoms. The van der Waals surface area contributed by atoms with Gasteiger partial charge in [0.2, 0.25) is 0 Å². The van der Waals surface area contributed by atoms with E-state index in [1.807, 2.05) is 0 Å². The molecule has 3 aromatic rings. The summed E-state index contributed by atoms with van der Waals surface area (Å²) in [5.74, 6) is 0. The third-order valence-electron chi connectivity index (χ3n) is 5.16. The van der Waals surface area contributed by atoms with Crippen molar-refractivity contribution in [3.8, 4) is 0 Å². The van der Waals surface area contributed by atoms with Crippen LogP contribution in [0.15, 0.2) is 102 Å². The lowest BCUT2D eigenvalue weighted by molar-refractivity contribution is 0.821. The van der Waals surface area contributed by atoms with Crippen LogP contribution in [-0.4, -0.2) is 0 Å². The zero-order valence-electron chi connectivity index (χ0n) is 14.7. The van der Waals surface area contributed by atoms with Crippen molar-refractivity contribution in [1.82, 2.24) is 0 Å². The van der Waals surface area contributed by atoms with Crippen LogP contribution in [0.4, 0.5) is 0 Å². The molecule has 0 aromatic heterocycles. The van der Waals surface area contributed by atoms with E-state index >= 15 is 0 Å². The summed E-state index contributed by atoms with van der Waals surface area (Å²) >= 11 is 0. The standard InChI is InChI=1S/C25H21/c1-19-18-25(22-14-8-4-9-15-22,23-16-10-5-11-17-23)24(20(19)2)21-12-6-3-7-13-21/h3-17H,1-2H3. The maximum absolute atomic E-state index is 3.84. The first-order chi connectivity index (χ1) is 12.2. The number of benzene rings is 3. The molecule has 0 saturated heterocycles. The van der Waals surface area contributed by atoms with Gasteiger partial charge >= 0.3 is 0 Å². The van der Waals surface area contributed by atoms with Gasteiger partial charge in [0, 0.05) is 0 Å². The molecule has 0 heterocycles. The Morgan fingerprint density at radius 3 is 1.52 bits per heavy atom. The molecule has 25 heavy (non-hydrogen) atoms.